The molecular formula is C14H14BrFN2O. The van der Waals surface area contributed by atoms with Gasteiger partial charge in [0.05, 0.1) is 23.0 Å². The average Bonchev–Trinajstić information content (AvgIpc) is 2.40. The molecule has 0 aliphatic carbocycles. The Bertz CT molecular complexity index is 590. The van der Waals surface area contributed by atoms with Crippen LogP contribution in [0.1, 0.15) is 5.56 Å². The second-order valence-corrected chi connectivity index (χ2v) is 4.88. The van der Waals surface area contributed by atoms with Gasteiger partial charge >= 0.3 is 0 Å². The molecule has 2 aromatic carbocycles. The third-order valence-electron chi connectivity index (χ3n) is 2.75. The van der Waals surface area contributed by atoms with E-state index >= 15 is 0 Å². The van der Waals surface area contributed by atoms with Crippen LogP contribution in [0.15, 0.2) is 40.9 Å². The number of nitrogen functional groups attached to an aromatic ring is 1. The Hall–Kier alpha value is -1.75. The molecular weight excluding hydrogens is 311 g/mol. The van der Waals surface area contributed by atoms with Crippen molar-refractivity contribution in [2.75, 3.05) is 18.2 Å². The van der Waals surface area contributed by atoms with Crippen molar-refractivity contribution in [2.24, 2.45) is 0 Å². The molecule has 0 fully saturated rings. The van der Waals surface area contributed by atoms with Crippen LogP contribution in [0.2, 0.25) is 0 Å². The van der Waals surface area contributed by atoms with Crippen LogP contribution in [0.3, 0.4) is 0 Å². The molecule has 5 heteroatoms. The minimum atomic E-state index is -0.416. The molecule has 3 N–H and O–H groups in total. The molecule has 0 unspecified atom stereocenters. The summed E-state index contributed by atoms with van der Waals surface area (Å²) >= 11 is 3.42. The van der Waals surface area contributed by atoms with Crippen LogP contribution in [0.5, 0.6) is 5.75 Å². The highest BCUT2D eigenvalue weighted by Gasteiger charge is 2.05. The van der Waals surface area contributed by atoms with E-state index in [0.717, 1.165) is 15.8 Å². The number of methoxy groups -OCH3 is 1. The molecule has 0 radical (unpaired) electrons. The van der Waals surface area contributed by atoms with Crippen molar-refractivity contribution < 1.29 is 9.13 Å². The lowest BCUT2D eigenvalue weighted by Crippen LogP contribution is -2.04. The maximum atomic E-state index is 13.3. The molecule has 0 amide bonds. The van der Waals surface area contributed by atoms with Crippen LogP contribution in [0, 0.1) is 5.82 Å². The van der Waals surface area contributed by atoms with E-state index < -0.39 is 5.82 Å². The lowest BCUT2D eigenvalue weighted by molar-refractivity contribution is 0.412. The normalized spacial score (nSPS) is 10.3. The molecule has 2 aromatic rings. The number of para-hydroxylation sites is 1. The van der Waals surface area contributed by atoms with Gasteiger partial charge in [0.1, 0.15) is 11.6 Å². The van der Waals surface area contributed by atoms with Gasteiger partial charge in [-0.3, -0.25) is 0 Å². The number of hydrogen-bond donors (Lipinski definition) is 2. The largest absolute Gasteiger partial charge is 0.496 e. The summed E-state index contributed by atoms with van der Waals surface area (Å²) in [5.41, 5.74) is 7.42. The van der Waals surface area contributed by atoms with E-state index in [1.165, 1.54) is 6.07 Å². The summed E-state index contributed by atoms with van der Waals surface area (Å²) in [5.74, 6) is 0.356. The number of halogens is 2. The third kappa shape index (κ3) is 3.17. The predicted octanol–water partition coefficient (Wildman–Crippen LogP) is 3.79. The summed E-state index contributed by atoms with van der Waals surface area (Å²) in [6, 6.07) is 10.5. The van der Waals surface area contributed by atoms with Crippen molar-refractivity contribution in [1.82, 2.24) is 0 Å². The Kier molecular flexibility index (Phi) is 4.27. The monoisotopic (exact) mass is 324 g/mol. The highest BCUT2D eigenvalue weighted by molar-refractivity contribution is 9.10. The van der Waals surface area contributed by atoms with Gasteiger partial charge in [-0.05, 0) is 45.8 Å². The van der Waals surface area contributed by atoms with Crippen LogP contribution in [0.4, 0.5) is 15.8 Å². The highest BCUT2D eigenvalue weighted by atomic mass is 79.9. The maximum Gasteiger partial charge on any atom is 0.148 e. The van der Waals surface area contributed by atoms with Crippen molar-refractivity contribution in [3.8, 4) is 5.75 Å². The van der Waals surface area contributed by atoms with Gasteiger partial charge in [0.15, 0.2) is 0 Å². The molecule has 0 spiro atoms. The fourth-order valence-electron chi connectivity index (χ4n) is 1.71. The summed E-state index contributed by atoms with van der Waals surface area (Å²) in [5, 5.41) is 3.11. The molecule has 0 heterocycles. The quantitative estimate of drug-likeness (QED) is 0.841. The first-order chi connectivity index (χ1) is 9.11. The van der Waals surface area contributed by atoms with E-state index in [0.29, 0.717) is 12.2 Å². The van der Waals surface area contributed by atoms with Gasteiger partial charge in [-0.1, -0.05) is 12.1 Å². The Labute approximate surface area is 119 Å². The third-order valence-corrected chi connectivity index (χ3v) is 3.37. The van der Waals surface area contributed by atoms with Gasteiger partial charge in [0.25, 0.3) is 0 Å². The van der Waals surface area contributed by atoms with Gasteiger partial charge in [0.2, 0.25) is 0 Å². The first-order valence-electron chi connectivity index (χ1n) is 5.72. The van der Waals surface area contributed by atoms with E-state index in [1.807, 2.05) is 18.2 Å². The lowest BCUT2D eigenvalue weighted by atomic mass is 10.2. The molecule has 0 aliphatic rings. The standard InChI is InChI=1S/C14H14BrFN2O/c1-19-13-6-5-9(7-10(13)15)8-18-12-4-2-3-11(16)14(12)17/h2-7,18H,8,17H2,1H3. The summed E-state index contributed by atoms with van der Waals surface area (Å²) in [7, 11) is 1.62. The number of nitrogens with one attached hydrogen (secondary N) is 1. The van der Waals surface area contributed by atoms with E-state index in [9.17, 15) is 4.39 Å². The number of rotatable bonds is 4. The predicted molar refractivity (Wildman–Crippen MR) is 78.8 cm³/mol. The first kappa shape index (κ1) is 13.7. The Morgan fingerprint density at radius 1 is 1.32 bits per heavy atom. The SMILES string of the molecule is COc1ccc(CNc2cccc(F)c2N)cc1Br. The first-order valence-corrected chi connectivity index (χ1v) is 6.51. The van der Waals surface area contributed by atoms with Gasteiger partial charge < -0.3 is 15.8 Å². The van der Waals surface area contributed by atoms with E-state index in [-0.39, 0.29) is 5.69 Å². The van der Waals surface area contributed by atoms with Crippen LogP contribution >= 0.6 is 15.9 Å². The average molecular weight is 325 g/mol. The Morgan fingerprint density at radius 3 is 2.79 bits per heavy atom. The van der Waals surface area contributed by atoms with Crippen molar-refractivity contribution >= 4 is 27.3 Å². The summed E-state index contributed by atoms with van der Waals surface area (Å²) < 4.78 is 19.3. The fourth-order valence-corrected chi connectivity index (χ4v) is 2.30. The smallest absolute Gasteiger partial charge is 0.148 e. The number of ether oxygens (including phenoxy) is 1. The number of hydrogen-bond acceptors (Lipinski definition) is 3. The number of benzene rings is 2. The van der Waals surface area contributed by atoms with E-state index in [1.54, 1.807) is 19.2 Å². The molecule has 0 aromatic heterocycles. The van der Waals surface area contributed by atoms with Crippen LogP contribution in [-0.2, 0) is 6.54 Å². The zero-order chi connectivity index (χ0) is 13.8. The van der Waals surface area contributed by atoms with Crippen molar-refractivity contribution in [2.45, 2.75) is 6.54 Å². The van der Waals surface area contributed by atoms with E-state index in [2.05, 4.69) is 21.2 Å². The second-order valence-electron chi connectivity index (χ2n) is 4.02. The van der Waals surface area contributed by atoms with Gasteiger partial charge in [0, 0.05) is 6.54 Å². The topological polar surface area (TPSA) is 47.3 Å². The molecule has 2 rings (SSSR count). The van der Waals surface area contributed by atoms with Gasteiger partial charge in [-0.15, -0.1) is 0 Å². The van der Waals surface area contributed by atoms with Crippen molar-refractivity contribution in [3.05, 3.63) is 52.3 Å². The van der Waals surface area contributed by atoms with Crippen LogP contribution in [0.25, 0.3) is 0 Å². The number of anilines is 2. The minimum absolute atomic E-state index is 0.134. The number of nitrogens with two attached hydrogens (primary N) is 1. The second kappa shape index (κ2) is 5.93. The minimum Gasteiger partial charge on any atom is -0.496 e. The van der Waals surface area contributed by atoms with Crippen molar-refractivity contribution in [3.63, 3.8) is 0 Å². The fraction of sp³-hybridized carbons (Fsp3) is 0.143. The molecule has 0 bridgehead atoms. The molecule has 100 valence electrons. The molecule has 3 nitrogen and oxygen atoms in total. The van der Waals surface area contributed by atoms with Gasteiger partial charge in [-0.25, -0.2) is 4.39 Å². The molecule has 0 atom stereocenters. The molecule has 19 heavy (non-hydrogen) atoms. The van der Waals surface area contributed by atoms with Crippen molar-refractivity contribution in [1.29, 1.82) is 0 Å². The molecule has 0 saturated heterocycles. The Balaban J connectivity index is 2.10. The molecule has 0 aliphatic heterocycles. The summed E-state index contributed by atoms with van der Waals surface area (Å²) in [6.45, 7) is 0.552. The highest BCUT2D eigenvalue weighted by Crippen LogP contribution is 2.26. The van der Waals surface area contributed by atoms with Crippen LogP contribution in [-0.4, -0.2) is 7.11 Å². The zero-order valence-corrected chi connectivity index (χ0v) is 12.0. The van der Waals surface area contributed by atoms with Crippen LogP contribution < -0.4 is 15.8 Å². The lowest BCUT2D eigenvalue weighted by Gasteiger charge is -2.11. The van der Waals surface area contributed by atoms with E-state index in [4.69, 9.17) is 10.5 Å². The summed E-state index contributed by atoms with van der Waals surface area (Å²) in [4.78, 5) is 0. The Morgan fingerprint density at radius 2 is 2.11 bits per heavy atom. The van der Waals surface area contributed by atoms with Gasteiger partial charge in [-0.2, -0.15) is 0 Å². The zero-order valence-electron chi connectivity index (χ0n) is 10.4. The maximum absolute atomic E-state index is 13.3. The summed E-state index contributed by atoms with van der Waals surface area (Å²) in [6.07, 6.45) is 0. The molecule has 0 saturated carbocycles.